The Bertz CT molecular complexity index is 12.9. The van der Waals surface area contributed by atoms with Crippen LogP contribution in [0.5, 0.6) is 0 Å². The first-order valence-corrected chi connectivity index (χ1v) is 0. The van der Waals surface area contributed by atoms with Crippen LogP contribution in [-0.2, 0) is 0 Å². The monoisotopic (exact) mass is 98.1 g/mol. The van der Waals surface area contributed by atoms with Crippen molar-refractivity contribution in [2.45, 2.75) is 0 Å². The molecule has 0 amide bonds. The molecule has 7 heavy (non-hydrogen) atoms. The van der Waals surface area contributed by atoms with E-state index in [1.165, 1.54) is 0 Å². The Hall–Kier alpha value is 1.48. The molecule has 0 saturated carbocycles. The molecule has 0 spiro atoms. The summed E-state index contributed by atoms with van der Waals surface area (Å²) in [5.74, 6) is 0. The molecule has 7 heteroatoms. The van der Waals surface area contributed by atoms with Gasteiger partial charge in [-0.1, -0.05) is 0 Å². The first-order valence-electron chi connectivity index (χ1n) is 0. The van der Waals surface area contributed by atoms with Gasteiger partial charge in [-0.2, -0.15) is 0 Å². The van der Waals surface area contributed by atoms with Crippen LogP contribution in [0.3, 0.4) is 0 Å². The van der Waals surface area contributed by atoms with E-state index in [1.54, 1.807) is 0 Å². The summed E-state index contributed by atoms with van der Waals surface area (Å²) >= 11 is 0. The predicted octanol–water partition coefficient (Wildman–Crippen LogP) is -4.20. The number of hydrogen-bond acceptors (Lipinski definition) is 2. The molecule has 0 aliphatic heterocycles. The summed E-state index contributed by atoms with van der Waals surface area (Å²) in [7, 11) is 0. The van der Waals surface area contributed by atoms with E-state index < -0.39 is 0 Å². The molecule has 0 aliphatic rings. The van der Waals surface area contributed by atoms with Crippen LogP contribution in [0.25, 0.3) is 0 Å². The largest absolute Gasteiger partial charge is 2.00 e. The zero-order valence-electron chi connectivity index (χ0n) is 4.85. The smallest absolute Gasteiger partial charge is 1.00 e. The summed E-state index contributed by atoms with van der Waals surface area (Å²) in [6, 6.07) is 0. The van der Waals surface area contributed by atoms with Crippen LogP contribution in [0.4, 0.5) is 0 Å². The van der Waals surface area contributed by atoms with E-state index in [9.17, 15) is 0 Å². The molecule has 0 aromatic carbocycles. The summed E-state index contributed by atoms with van der Waals surface area (Å²) in [5, 5.41) is 0. The third-order valence-corrected chi connectivity index (χ3v) is 0. The summed E-state index contributed by atoms with van der Waals surface area (Å²) in [4.78, 5) is 0. The van der Waals surface area contributed by atoms with E-state index >= 15 is 0 Å². The molecule has 0 saturated heterocycles. The molecule has 0 aromatic heterocycles. The van der Waals surface area contributed by atoms with Gasteiger partial charge in [-0.15, -0.1) is 0 Å². The quantitative estimate of drug-likeness (QED) is 0.301. The maximum atomic E-state index is 0. The molecule has 2 nitrogen and oxygen atoms in total. The first kappa shape index (κ1) is 217. The molecule has 0 bridgehead atoms. The maximum Gasteiger partial charge on any atom is 2.00 e. The van der Waals surface area contributed by atoms with Crippen molar-refractivity contribution >= 4 is 48.3 Å². The average Bonchev–Trinajstić information content (AvgIpc) is 0. The second kappa shape index (κ2) is 144. The Morgan fingerprint density at radius 1 is 0.571 bits per heavy atom. The molecule has 12 radical (unpaired) electrons. The van der Waals surface area contributed by atoms with Crippen LogP contribution < -0.4 is 31.2 Å². The molecule has 0 aromatic rings. The molecular formula is H6B3LiMgN2. The zero-order chi connectivity index (χ0) is 0. The van der Waals surface area contributed by atoms with Gasteiger partial charge in [-0.3, -0.25) is 0 Å². The molecule has 28 valence electrons. The van der Waals surface area contributed by atoms with E-state index in [0.717, 1.165) is 0 Å². The van der Waals surface area contributed by atoms with Crippen molar-refractivity contribution in [2.24, 2.45) is 0 Å². The van der Waals surface area contributed by atoms with Gasteiger partial charge in [0.05, 0.1) is 0 Å². The Morgan fingerprint density at radius 2 is 0.571 bits per heavy atom. The second-order valence-corrected chi connectivity index (χ2v) is 0. The van der Waals surface area contributed by atoms with E-state index in [1.807, 2.05) is 0 Å². The molecule has 0 heterocycles. The minimum absolute atomic E-state index is 0. The molecular weight excluding hydrogens is 91.7 g/mol. The third-order valence-electron chi connectivity index (χ3n) is 0. The fraction of sp³-hybridized carbons (Fsp3) is 0. The summed E-state index contributed by atoms with van der Waals surface area (Å²) < 4.78 is 0. The molecule has 0 aliphatic carbocycles. The molecule has 0 atom stereocenters. The standard InChI is InChI=1S/3B.Li.Mg.2H3N/h;;;;;2*1H3/q3*-1;+1;+2;;. The Kier molecular flexibility index (Phi) is 4450. The predicted molar refractivity (Wildman–Crippen MR) is 33.1 cm³/mol. The maximum absolute atomic E-state index is 0. The van der Waals surface area contributed by atoms with Crippen molar-refractivity contribution < 1.29 is 18.9 Å². The van der Waals surface area contributed by atoms with Crippen LogP contribution in [0.2, 0.25) is 0 Å². The fourth-order valence-electron chi connectivity index (χ4n) is 0. The SMILES string of the molecule is N.N.[B-].[B-].[B-].[Li+].[Mg+2]. The molecule has 0 rings (SSSR count). The van der Waals surface area contributed by atoms with Gasteiger partial charge in [-0.05, 0) is 0 Å². The van der Waals surface area contributed by atoms with E-state index in [4.69, 9.17) is 0 Å². The van der Waals surface area contributed by atoms with Gasteiger partial charge in [0.2, 0.25) is 0 Å². The van der Waals surface area contributed by atoms with Gasteiger partial charge >= 0.3 is 41.9 Å². The normalized spacial score (nSPS) is 0. The van der Waals surface area contributed by atoms with Crippen molar-refractivity contribution in [3.63, 3.8) is 0 Å². The minimum Gasteiger partial charge on any atom is -1.00 e. The van der Waals surface area contributed by atoms with Gasteiger partial charge < -0.3 is 37.5 Å². The van der Waals surface area contributed by atoms with Crippen LogP contribution in [0.1, 0.15) is 0 Å². The summed E-state index contributed by atoms with van der Waals surface area (Å²) in [6.07, 6.45) is 0. The van der Waals surface area contributed by atoms with E-state index in [2.05, 4.69) is 0 Å². The van der Waals surface area contributed by atoms with Crippen LogP contribution >= 0.6 is 0 Å². The topological polar surface area (TPSA) is 70.0 Å². The van der Waals surface area contributed by atoms with Crippen molar-refractivity contribution in [1.29, 1.82) is 0 Å². The molecule has 0 unspecified atom stereocenters. The number of rotatable bonds is 0. The first-order chi connectivity index (χ1) is 0. The van der Waals surface area contributed by atoms with Crippen molar-refractivity contribution in [1.82, 2.24) is 12.3 Å². The van der Waals surface area contributed by atoms with Gasteiger partial charge in [0.15, 0.2) is 0 Å². The number of hydrogen-bond donors (Lipinski definition) is 2. The van der Waals surface area contributed by atoms with E-state index in [-0.39, 0.29) is 79.5 Å². The van der Waals surface area contributed by atoms with Crippen LogP contribution in [0, 0.1) is 0 Å². The summed E-state index contributed by atoms with van der Waals surface area (Å²) in [5.41, 5.74) is 0. The van der Waals surface area contributed by atoms with Crippen molar-refractivity contribution in [3.8, 4) is 0 Å². The van der Waals surface area contributed by atoms with Gasteiger partial charge in [-0.25, -0.2) is 0 Å². The van der Waals surface area contributed by atoms with Crippen molar-refractivity contribution in [3.05, 3.63) is 0 Å². The third kappa shape index (κ3) is 103. The zero-order valence-corrected chi connectivity index (χ0v) is 6.27. The molecule has 6 N–H and O–H groups in total. The Morgan fingerprint density at radius 3 is 0.571 bits per heavy atom. The summed E-state index contributed by atoms with van der Waals surface area (Å²) in [6.45, 7) is 0. The Balaban J connectivity index is 0. The molecule has 0 fully saturated rings. The minimum atomic E-state index is 0. The second-order valence-electron chi connectivity index (χ2n) is 0. The van der Waals surface area contributed by atoms with Gasteiger partial charge in [0, 0.05) is 0 Å². The van der Waals surface area contributed by atoms with Crippen LogP contribution in [0.15, 0.2) is 0 Å². The van der Waals surface area contributed by atoms with Gasteiger partial charge in [0.25, 0.3) is 0 Å². The fourth-order valence-corrected chi connectivity index (χ4v) is 0. The van der Waals surface area contributed by atoms with E-state index in [0.29, 0.717) is 0 Å². The van der Waals surface area contributed by atoms with Crippen LogP contribution in [-0.4, -0.2) is 48.3 Å². The van der Waals surface area contributed by atoms with Crippen molar-refractivity contribution in [2.75, 3.05) is 0 Å². The van der Waals surface area contributed by atoms with Gasteiger partial charge in [0.1, 0.15) is 0 Å². The Labute approximate surface area is 79.2 Å². The average molecular weight is 97.7 g/mol.